The summed E-state index contributed by atoms with van der Waals surface area (Å²) in [5.74, 6) is 1.66. The minimum Gasteiger partial charge on any atom is -0.427 e. The molecule has 4 heterocycles. The molecule has 254 valence electrons. The molecule has 3 saturated carbocycles. The van der Waals surface area contributed by atoms with E-state index < -0.39 is 13.5 Å². The molecule has 7 rings (SSSR count). The summed E-state index contributed by atoms with van der Waals surface area (Å²) in [5, 5.41) is 16.5. The van der Waals surface area contributed by atoms with Gasteiger partial charge in [-0.15, -0.1) is 0 Å². The van der Waals surface area contributed by atoms with Gasteiger partial charge in [-0.2, -0.15) is 0 Å². The Bertz CT molecular complexity index is 1510. The first-order chi connectivity index (χ1) is 22.8. The van der Waals surface area contributed by atoms with Crippen LogP contribution in [0.5, 0.6) is 0 Å². The molecule has 0 unspecified atom stereocenters. The number of rotatable bonds is 4. The first-order valence-corrected chi connectivity index (χ1v) is 19.1. The molecule has 0 aromatic carbocycles. The second-order valence-corrected chi connectivity index (χ2v) is 16.4. The summed E-state index contributed by atoms with van der Waals surface area (Å²) in [6.45, 7) is 14.3. The van der Waals surface area contributed by atoms with Crippen LogP contribution in [-0.4, -0.2) is 80.0 Å². The van der Waals surface area contributed by atoms with Crippen molar-refractivity contribution in [1.82, 2.24) is 15.0 Å². The Morgan fingerprint density at radius 2 is 1.08 bits per heavy atom. The summed E-state index contributed by atoms with van der Waals surface area (Å²) in [5.41, 5.74) is 6.10. The van der Waals surface area contributed by atoms with Crippen LogP contribution < -0.4 is 5.46 Å². The van der Waals surface area contributed by atoms with Gasteiger partial charge in [-0.25, -0.2) is 4.98 Å². The van der Waals surface area contributed by atoms with Gasteiger partial charge in [0.1, 0.15) is 4.60 Å². The summed E-state index contributed by atoms with van der Waals surface area (Å²) in [7, 11) is 12.7. The highest BCUT2D eigenvalue weighted by molar-refractivity contribution is 9.11. The zero-order valence-corrected chi connectivity index (χ0v) is 34.3. The molecule has 4 fully saturated rings. The highest BCUT2D eigenvalue weighted by Crippen LogP contribution is 2.40. The SMILES string of the molecule is Cc1nc(Br)ccc1Br.Cc1nc(C2CC2)ccc1B1OC(C)(C)C(C)(C)O1.Cc1nc(C2CC2)ccc1Br.OB(O)C1CC1.[B]B([B])[B]. The summed E-state index contributed by atoms with van der Waals surface area (Å²) in [4.78, 5) is 13.3. The molecule has 1 saturated heterocycles. The summed E-state index contributed by atoms with van der Waals surface area (Å²) < 4.78 is 15.2. The normalized spacial score (nSPS) is 18.2. The Balaban J connectivity index is 0.000000184. The predicted octanol–water partition coefficient (Wildman–Crippen LogP) is 6.61. The third-order valence-electron chi connectivity index (χ3n) is 8.72. The molecule has 3 aliphatic carbocycles. The van der Waals surface area contributed by atoms with Crippen molar-refractivity contribution in [2.45, 2.75) is 116 Å². The van der Waals surface area contributed by atoms with Crippen LogP contribution in [0.1, 0.15) is 107 Å². The maximum atomic E-state index is 8.25. The fourth-order valence-corrected chi connectivity index (χ4v) is 5.33. The van der Waals surface area contributed by atoms with E-state index in [-0.39, 0.29) is 24.1 Å². The maximum absolute atomic E-state index is 8.25. The minimum absolute atomic E-state index is 0.213. The van der Waals surface area contributed by atoms with E-state index in [2.05, 4.69) is 133 Å². The molecule has 16 heteroatoms. The van der Waals surface area contributed by atoms with E-state index in [1.807, 2.05) is 32.9 Å². The number of halogens is 3. The zero-order valence-electron chi connectivity index (χ0n) is 29.6. The summed E-state index contributed by atoms with van der Waals surface area (Å²) in [6.07, 6.45) is 6.54. The lowest BCUT2D eigenvalue weighted by Gasteiger charge is -2.32. The number of hydrogen-bond acceptors (Lipinski definition) is 7. The highest BCUT2D eigenvalue weighted by Gasteiger charge is 2.52. The molecular weight excluding hydrogens is 807 g/mol. The number of hydrogen-bond donors (Lipinski definition) is 2. The van der Waals surface area contributed by atoms with Crippen LogP contribution >= 0.6 is 47.8 Å². The maximum Gasteiger partial charge on any atom is 0.496 e. The molecule has 3 aromatic heterocycles. The lowest BCUT2D eigenvalue weighted by atomic mass is 9.08. The van der Waals surface area contributed by atoms with Crippen molar-refractivity contribution >= 4 is 97.1 Å². The smallest absolute Gasteiger partial charge is 0.427 e. The molecule has 6 radical (unpaired) electrons. The molecule has 7 nitrogen and oxygen atoms in total. The van der Waals surface area contributed by atoms with E-state index in [0.717, 1.165) is 54.9 Å². The van der Waals surface area contributed by atoms with E-state index in [1.165, 1.54) is 37.1 Å². The third-order valence-corrected chi connectivity index (χ3v) is 10.8. The fraction of sp³-hybridized carbons (Fsp3) is 0.545. The van der Waals surface area contributed by atoms with E-state index in [1.54, 1.807) is 0 Å². The topological polar surface area (TPSA) is 97.6 Å². The van der Waals surface area contributed by atoms with Gasteiger partial charge in [0.05, 0.1) is 22.6 Å². The lowest BCUT2D eigenvalue weighted by Crippen LogP contribution is -2.41. The zero-order chi connectivity index (χ0) is 36.7. The standard InChI is InChI=1S/C15H22BNO2.C9H10BrN.C6H5Br2N.C3H7BO2.B4/c1-10-12(8-9-13(17-10)11-6-7-11)16-18-14(2,3)15(4,5)19-16;1-6-8(10)4-5-9(11-6)7-2-3-7;1-4-5(7)2-3-6(8)9-4;5-4(6)3-1-2-3;1-4(2)3/h8-9,11H,6-7H2,1-5H3;4-5,7H,2-3H2,1H3;2-3H,1H3;3,5-6H,1-2H2;. The van der Waals surface area contributed by atoms with Crippen LogP contribution in [0.2, 0.25) is 5.82 Å². The van der Waals surface area contributed by atoms with Gasteiger partial charge in [0, 0.05) is 72.9 Å². The summed E-state index contributed by atoms with van der Waals surface area (Å²) in [6, 6.07) is 12.3. The van der Waals surface area contributed by atoms with Gasteiger partial charge in [0.2, 0.25) is 0 Å². The Morgan fingerprint density at radius 3 is 1.41 bits per heavy atom. The quantitative estimate of drug-likeness (QED) is 0.226. The lowest BCUT2D eigenvalue weighted by molar-refractivity contribution is 0.00578. The van der Waals surface area contributed by atoms with Crippen molar-refractivity contribution in [3.63, 3.8) is 0 Å². The summed E-state index contributed by atoms with van der Waals surface area (Å²) >= 11 is 10.0. The van der Waals surface area contributed by atoms with E-state index in [4.69, 9.17) is 24.3 Å². The second-order valence-electron chi connectivity index (χ2n) is 13.9. The molecule has 2 N–H and O–H groups in total. The van der Waals surface area contributed by atoms with Crippen molar-refractivity contribution in [3.8, 4) is 0 Å². The van der Waals surface area contributed by atoms with E-state index >= 15 is 0 Å². The molecule has 1 aliphatic heterocycles. The van der Waals surface area contributed by atoms with Crippen LogP contribution in [0, 0.1) is 20.8 Å². The molecule has 0 bridgehead atoms. The molecule has 0 spiro atoms. The molecule has 4 aliphatic rings. The Morgan fingerprint density at radius 1 is 0.673 bits per heavy atom. The van der Waals surface area contributed by atoms with Gasteiger partial charge < -0.3 is 19.4 Å². The fourth-order valence-electron chi connectivity index (χ4n) is 4.49. The van der Waals surface area contributed by atoms with Gasteiger partial charge in [0.15, 0.2) is 0 Å². The number of aromatic nitrogens is 3. The number of pyridine rings is 3. The van der Waals surface area contributed by atoms with Crippen molar-refractivity contribution in [2.75, 3.05) is 0 Å². The van der Waals surface area contributed by atoms with Gasteiger partial charge >= 0.3 is 14.2 Å². The highest BCUT2D eigenvalue weighted by atomic mass is 79.9. The molecule has 0 amide bonds. The van der Waals surface area contributed by atoms with Gasteiger partial charge in [-0.1, -0.05) is 18.9 Å². The van der Waals surface area contributed by atoms with E-state index in [9.17, 15) is 0 Å². The van der Waals surface area contributed by atoms with Gasteiger partial charge in [-0.3, -0.25) is 9.97 Å². The van der Waals surface area contributed by atoms with Crippen molar-refractivity contribution < 1.29 is 19.4 Å². The van der Waals surface area contributed by atoms with Crippen LogP contribution in [0.3, 0.4) is 0 Å². The monoisotopic (exact) mass is 849 g/mol. The van der Waals surface area contributed by atoms with Crippen LogP contribution in [0.25, 0.3) is 0 Å². The molecule has 0 atom stereocenters. The van der Waals surface area contributed by atoms with E-state index in [0.29, 0.717) is 5.92 Å². The predicted molar refractivity (Wildman–Crippen MR) is 216 cm³/mol. The number of nitrogens with zero attached hydrogens (tertiary/aromatic N) is 3. The molecular formula is C33H44B6Br3N3O4. The average Bonchev–Trinajstić information content (AvgIpc) is 3.86. The minimum atomic E-state index is -1.04. The average molecular weight is 851 g/mol. The Labute approximate surface area is 323 Å². The largest absolute Gasteiger partial charge is 0.496 e. The Kier molecular flexibility index (Phi) is 16.3. The molecule has 49 heavy (non-hydrogen) atoms. The van der Waals surface area contributed by atoms with Gasteiger partial charge in [0.25, 0.3) is 0 Å². The van der Waals surface area contributed by atoms with Crippen LogP contribution in [0.15, 0.2) is 49.9 Å². The second kappa shape index (κ2) is 18.7. The van der Waals surface area contributed by atoms with Crippen molar-refractivity contribution in [1.29, 1.82) is 0 Å². The first kappa shape index (κ1) is 42.5. The Hall–Kier alpha value is -0.880. The first-order valence-electron chi connectivity index (χ1n) is 16.7. The third kappa shape index (κ3) is 14.2. The van der Waals surface area contributed by atoms with Gasteiger partial charge in [-0.05, 0) is 158 Å². The van der Waals surface area contributed by atoms with Crippen molar-refractivity contribution in [3.05, 3.63) is 78.4 Å². The molecule has 3 aromatic rings. The van der Waals surface area contributed by atoms with Crippen LogP contribution in [-0.2, 0) is 9.31 Å². The van der Waals surface area contributed by atoms with Crippen molar-refractivity contribution in [2.24, 2.45) is 0 Å². The van der Waals surface area contributed by atoms with Crippen LogP contribution in [0.4, 0.5) is 0 Å². The number of aryl methyl sites for hydroxylation is 3.